The largest absolute Gasteiger partial charge is 0.508 e. The van der Waals surface area contributed by atoms with Crippen LogP contribution in [0.2, 0.25) is 5.02 Å². The average Bonchev–Trinajstić information content (AvgIpc) is 3.02. The quantitative estimate of drug-likeness (QED) is 0.257. The summed E-state index contributed by atoms with van der Waals surface area (Å²) in [5.41, 5.74) is 8.32. The summed E-state index contributed by atoms with van der Waals surface area (Å²) in [5, 5.41) is 11.6. The van der Waals surface area contributed by atoms with Gasteiger partial charge in [0.25, 0.3) is 5.91 Å². The van der Waals surface area contributed by atoms with Gasteiger partial charge in [0.2, 0.25) is 0 Å². The van der Waals surface area contributed by atoms with Crippen LogP contribution in [0.15, 0.2) is 110 Å². The lowest BCUT2D eigenvalue weighted by Gasteiger charge is -2.36. The monoisotopic (exact) mass is 613 g/mol. The Labute approximate surface area is 260 Å². The Balaban J connectivity index is 0.00000368. The smallest absolute Gasteiger partial charge is 0.351 e. The Kier molecular flexibility index (Phi) is 8.71. The van der Waals surface area contributed by atoms with Crippen molar-refractivity contribution in [1.82, 2.24) is 20.3 Å². The van der Waals surface area contributed by atoms with E-state index >= 15 is 0 Å². The molecule has 0 bridgehead atoms. The number of hydrogen-bond donors (Lipinski definition) is 2. The molecule has 2 aliphatic heterocycles. The second kappa shape index (κ2) is 12.6. The number of rotatable bonds is 4. The molecule has 10 heteroatoms. The maximum atomic E-state index is 14.0. The first-order chi connectivity index (χ1) is 20.4. The van der Waals surface area contributed by atoms with Crippen molar-refractivity contribution in [3.8, 4) is 5.75 Å². The Hall–Kier alpha value is -4.79. The van der Waals surface area contributed by atoms with E-state index in [2.05, 4.69) is 29.5 Å². The zero-order valence-electron chi connectivity index (χ0n) is 23.2. The number of aromatic hydroxyl groups is 1. The molecule has 43 heavy (non-hydrogen) atoms. The van der Waals surface area contributed by atoms with E-state index in [-0.39, 0.29) is 30.1 Å². The number of phenols is 1. The normalized spacial score (nSPS) is 15.5. The molecule has 3 heterocycles. The summed E-state index contributed by atoms with van der Waals surface area (Å²) in [7, 11) is 0. The van der Waals surface area contributed by atoms with Crippen molar-refractivity contribution in [3.05, 3.63) is 137 Å². The summed E-state index contributed by atoms with van der Waals surface area (Å²) < 4.78 is 0. The lowest BCUT2D eigenvalue weighted by Crippen LogP contribution is -2.46. The first kappa shape index (κ1) is 29.7. The van der Waals surface area contributed by atoms with E-state index in [4.69, 9.17) is 11.6 Å². The molecule has 0 radical (unpaired) electrons. The second-order valence-corrected chi connectivity index (χ2v) is 10.6. The molecular formula is C33H29Cl2N5O3. The molecule has 1 aromatic heterocycles. The van der Waals surface area contributed by atoms with Gasteiger partial charge in [0, 0.05) is 47.3 Å². The minimum Gasteiger partial charge on any atom is -0.508 e. The van der Waals surface area contributed by atoms with Crippen LogP contribution in [-0.2, 0) is 13.0 Å². The summed E-state index contributed by atoms with van der Waals surface area (Å²) >= 11 is 6.43. The number of allylic oxidation sites excluding steroid dienone is 2. The van der Waals surface area contributed by atoms with E-state index < -0.39 is 6.03 Å². The fourth-order valence-electron chi connectivity index (χ4n) is 5.29. The molecule has 8 nitrogen and oxygen atoms in total. The fraction of sp³-hybridized carbons (Fsp3) is 0.121. The number of amides is 3. The Morgan fingerprint density at radius 3 is 2.42 bits per heavy atom. The van der Waals surface area contributed by atoms with Crippen molar-refractivity contribution in [2.75, 3.05) is 4.90 Å². The molecule has 4 aromatic rings. The van der Waals surface area contributed by atoms with Crippen LogP contribution in [0, 0.1) is 0 Å². The molecular weight excluding hydrogens is 585 g/mol. The van der Waals surface area contributed by atoms with Crippen molar-refractivity contribution in [3.63, 3.8) is 0 Å². The first-order valence-corrected chi connectivity index (χ1v) is 13.9. The maximum Gasteiger partial charge on any atom is 0.351 e. The van der Waals surface area contributed by atoms with Crippen molar-refractivity contribution in [2.24, 2.45) is 0 Å². The van der Waals surface area contributed by atoms with Gasteiger partial charge in [-0.2, -0.15) is 0 Å². The zero-order valence-corrected chi connectivity index (χ0v) is 24.8. The number of benzene rings is 3. The summed E-state index contributed by atoms with van der Waals surface area (Å²) in [4.78, 5) is 35.4. The van der Waals surface area contributed by atoms with Gasteiger partial charge in [-0.25, -0.2) is 9.80 Å². The van der Waals surface area contributed by atoms with Crippen molar-refractivity contribution < 1.29 is 14.7 Å². The van der Waals surface area contributed by atoms with Gasteiger partial charge in [-0.05, 0) is 91.2 Å². The third-order valence-corrected chi connectivity index (χ3v) is 7.67. The number of hydrazine groups is 1. The number of aromatic nitrogens is 1. The van der Waals surface area contributed by atoms with Gasteiger partial charge in [-0.1, -0.05) is 35.9 Å². The molecule has 0 unspecified atom stereocenters. The highest BCUT2D eigenvalue weighted by atomic mass is 35.5. The van der Waals surface area contributed by atoms with Gasteiger partial charge in [-0.15, -0.1) is 12.4 Å². The number of nitrogens with zero attached hydrogens (tertiary/aromatic N) is 4. The topological polar surface area (TPSA) is 89.0 Å². The second-order valence-electron chi connectivity index (χ2n) is 10.2. The van der Waals surface area contributed by atoms with E-state index in [0.717, 1.165) is 12.0 Å². The molecule has 0 aliphatic carbocycles. The number of carbonyl (C=O) groups is 2. The van der Waals surface area contributed by atoms with Crippen LogP contribution in [0.25, 0.3) is 5.70 Å². The summed E-state index contributed by atoms with van der Waals surface area (Å²) in [5.74, 6) is -0.0203. The predicted octanol–water partition coefficient (Wildman–Crippen LogP) is 7.08. The Bertz CT molecular complexity index is 1710. The summed E-state index contributed by atoms with van der Waals surface area (Å²) in [6.45, 7) is 2.57. The minimum absolute atomic E-state index is 0. The molecule has 3 amide bonds. The van der Waals surface area contributed by atoms with E-state index in [1.807, 2.05) is 17.0 Å². The first-order valence-electron chi connectivity index (χ1n) is 13.5. The lowest BCUT2D eigenvalue weighted by atomic mass is 9.93. The maximum absolute atomic E-state index is 14.0. The Morgan fingerprint density at radius 1 is 0.977 bits per heavy atom. The number of anilines is 2. The van der Waals surface area contributed by atoms with Crippen molar-refractivity contribution >= 4 is 53.0 Å². The molecule has 2 N–H and O–H groups in total. The molecule has 0 spiro atoms. The molecule has 0 saturated heterocycles. The number of carbonyl (C=O) groups excluding carboxylic acids is 2. The molecule has 2 aliphatic rings. The summed E-state index contributed by atoms with van der Waals surface area (Å²) in [6, 6.07) is 22.8. The minimum atomic E-state index is -0.412. The SMILES string of the molecule is C[C@@H]1Cc2ccccc2CN1C(=O)c1ccc(Cl)cc1C1=CC=CN(C(=O)N(c2ccncc2)c2ccc(O)cc2)N1.Cl. The van der Waals surface area contributed by atoms with Crippen LogP contribution in [0.5, 0.6) is 5.75 Å². The molecule has 3 aromatic carbocycles. The van der Waals surface area contributed by atoms with Crippen molar-refractivity contribution in [2.45, 2.75) is 25.9 Å². The van der Waals surface area contributed by atoms with E-state index in [9.17, 15) is 14.7 Å². The van der Waals surface area contributed by atoms with Gasteiger partial charge in [-0.3, -0.25) is 20.1 Å². The van der Waals surface area contributed by atoms with Crippen LogP contribution >= 0.6 is 24.0 Å². The highest BCUT2D eigenvalue weighted by Gasteiger charge is 2.31. The highest BCUT2D eigenvalue weighted by molar-refractivity contribution is 6.31. The van der Waals surface area contributed by atoms with E-state index in [1.165, 1.54) is 27.6 Å². The fourth-order valence-corrected chi connectivity index (χ4v) is 5.47. The zero-order chi connectivity index (χ0) is 29.2. The van der Waals surface area contributed by atoms with Crippen LogP contribution in [0.3, 0.4) is 0 Å². The highest BCUT2D eigenvalue weighted by Crippen LogP contribution is 2.31. The number of pyridine rings is 1. The third-order valence-electron chi connectivity index (χ3n) is 7.43. The van der Waals surface area contributed by atoms with Crippen molar-refractivity contribution in [1.29, 1.82) is 0 Å². The van der Waals surface area contributed by atoms with Gasteiger partial charge >= 0.3 is 6.03 Å². The van der Waals surface area contributed by atoms with Gasteiger partial charge < -0.3 is 10.0 Å². The van der Waals surface area contributed by atoms with Gasteiger partial charge in [0.1, 0.15) is 5.75 Å². The molecule has 218 valence electrons. The number of urea groups is 1. The molecule has 0 saturated carbocycles. The predicted molar refractivity (Wildman–Crippen MR) is 170 cm³/mol. The van der Waals surface area contributed by atoms with E-state index in [0.29, 0.717) is 39.8 Å². The van der Waals surface area contributed by atoms with E-state index in [1.54, 1.807) is 73.2 Å². The lowest BCUT2D eigenvalue weighted by molar-refractivity contribution is 0.0658. The van der Waals surface area contributed by atoms with Crippen LogP contribution in [-0.4, -0.2) is 38.0 Å². The molecule has 0 fully saturated rings. The Morgan fingerprint density at radius 2 is 1.67 bits per heavy atom. The number of nitrogens with one attached hydrogen (secondary N) is 1. The number of halogens is 2. The summed E-state index contributed by atoms with van der Waals surface area (Å²) in [6.07, 6.45) is 9.13. The number of hydrogen-bond acceptors (Lipinski definition) is 5. The van der Waals surface area contributed by atoms with Crippen LogP contribution in [0.4, 0.5) is 16.2 Å². The average molecular weight is 615 g/mol. The number of fused-ring (bicyclic) bond motifs is 1. The third kappa shape index (κ3) is 6.07. The van der Waals surface area contributed by atoms with Gasteiger partial charge in [0.15, 0.2) is 0 Å². The standard InChI is InChI=1S/C33H28ClN5O3.ClH/c1-22-19-23-5-2-3-6-24(23)21-37(22)32(41)29-13-8-25(34)20-30(29)31-7-4-18-38(36-31)33(42)39(27-14-16-35-17-15-27)26-9-11-28(40)12-10-26;/h2-18,20,22,36,40H,19,21H2,1H3;1H/t22-;/m1./s1. The molecule has 1 atom stereocenters. The molecule has 6 rings (SSSR count). The number of phenolic OH excluding ortho intramolecular Hbond substituents is 1. The van der Waals surface area contributed by atoms with Crippen LogP contribution < -0.4 is 10.3 Å². The van der Waals surface area contributed by atoms with Gasteiger partial charge in [0.05, 0.1) is 17.1 Å². The van der Waals surface area contributed by atoms with Crippen LogP contribution in [0.1, 0.15) is 34.0 Å².